The summed E-state index contributed by atoms with van der Waals surface area (Å²) >= 11 is 1.48. The van der Waals surface area contributed by atoms with Gasteiger partial charge in [-0.1, -0.05) is 65.8 Å². The minimum atomic E-state index is -0.0579. The Kier molecular flexibility index (Phi) is 4.21. The molecule has 1 amide bonds. The fourth-order valence-electron chi connectivity index (χ4n) is 3.15. The van der Waals surface area contributed by atoms with E-state index in [0.717, 1.165) is 16.1 Å². The van der Waals surface area contributed by atoms with Gasteiger partial charge in [0.25, 0.3) is 5.91 Å². The van der Waals surface area contributed by atoms with Crippen LogP contribution in [0.4, 0.5) is 0 Å². The second-order valence-corrected chi connectivity index (χ2v) is 7.49. The number of carbonyl (C=O) groups is 1. The molecule has 3 heterocycles. The van der Waals surface area contributed by atoms with Crippen LogP contribution in [0.2, 0.25) is 0 Å². The third kappa shape index (κ3) is 3.10. The van der Waals surface area contributed by atoms with E-state index in [0.29, 0.717) is 30.5 Å². The summed E-state index contributed by atoms with van der Waals surface area (Å²) in [6.45, 7) is 1.13. The average Bonchev–Trinajstić information content (AvgIpc) is 3.38. The Hall–Kier alpha value is -3.32. The van der Waals surface area contributed by atoms with E-state index in [9.17, 15) is 4.79 Å². The van der Waals surface area contributed by atoms with Gasteiger partial charge in [0.1, 0.15) is 10.7 Å². The van der Waals surface area contributed by atoms with Crippen LogP contribution in [0.25, 0.3) is 22.0 Å². The number of thiazole rings is 1. The Morgan fingerprint density at radius 2 is 1.64 bits per heavy atom. The topological polar surface area (TPSA) is 72.1 Å². The fourth-order valence-corrected chi connectivity index (χ4v) is 3.95. The monoisotopic (exact) mass is 388 g/mol. The molecule has 0 spiro atoms. The van der Waals surface area contributed by atoms with Crippen LogP contribution in [0, 0.1) is 0 Å². The Bertz CT molecular complexity index is 1100. The van der Waals surface area contributed by atoms with Crippen molar-refractivity contribution in [2.75, 3.05) is 13.1 Å². The molecule has 0 saturated carbocycles. The molecular weight excluding hydrogens is 372 g/mol. The summed E-state index contributed by atoms with van der Waals surface area (Å²) in [6, 6.07) is 19.6. The first-order valence-corrected chi connectivity index (χ1v) is 9.85. The maximum atomic E-state index is 12.7. The molecule has 0 atom stereocenters. The van der Waals surface area contributed by atoms with Crippen LogP contribution in [0.1, 0.15) is 22.3 Å². The SMILES string of the molecule is O=C(c1csc(-c2ccccc2)n1)N1CC(c2nc(-c3ccccc3)no2)C1. The molecule has 1 fully saturated rings. The van der Waals surface area contributed by atoms with Crippen molar-refractivity contribution in [3.8, 4) is 22.0 Å². The predicted molar refractivity (Wildman–Crippen MR) is 106 cm³/mol. The highest BCUT2D eigenvalue weighted by Gasteiger charge is 2.36. The van der Waals surface area contributed by atoms with Crippen molar-refractivity contribution in [2.45, 2.75) is 5.92 Å². The number of benzene rings is 2. The van der Waals surface area contributed by atoms with Crippen LogP contribution >= 0.6 is 11.3 Å². The molecule has 1 aliphatic rings. The van der Waals surface area contributed by atoms with E-state index in [1.54, 1.807) is 4.90 Å². The van der Waals surface area contributed by atoms with E-state index in [1.165, 1.54) is 11.3 Å². The Balaban J connectivity index is 1.24. The quantitative estimate of drug-likeness (QED) is 0.526. The smallest absolute Gasteiger partial charge is 0.273 e. The van der Waals surface area contributed by atoms with Crippen molar-refractivity contribution < 1.29 is 9.32 Å². The Morgan fingerprint density at radius 3 is 2.36 bits per heavy atom. The zero-order valence-electron chi connectivity index (χ0n) is 14.9. The van der Waals surface area contributed by atoms with Crippen molar-refractivity contribution in [3.63, 3.8) is 0 Å². The van der Waals surface area contributed by atoms with Crippen LogP contribution in [-0.2, 0) is 0 Å². The van der Waals surface area contributed by atoms with Gasteiger partial charge in [-0.3, -0.25) is 4.79 Å². The largest absolute Gasteiger partial charge is 0.339 e. The second-order valence-electron chi connectivity index (χ2n) is 6.63. The zero-order valence-corrected chi connectivity index (χ0v) is 15.7. The van der Waals surface area contributed by atoms with Gasteiger partial charge < -0.3 is 9.42 Å². The number of carbonyl (C=O) groups excluding carboxylic acids is 1. The highest BCUT2D eigenvalue weighted by atomic mass is 32.1. The van der Waals surface area contributed by atoms with Crippen LogP contribution < -0.4 is 0 Å². The number of likely N-dealkylation sites (tertiary alicyclic amines) is 1. The van der Waals surface area contributed by atoms with Crippen LogP contribution in [-0.4, -0.2) is 39.0 Å². The number of amides is 1. The van der Waals surface area contributed by atoms with Crippen molar-refractivity contribution in [2.24, 2.45) is 0 Å². The number of rotatable bonds is 4. The van der Waals surface area contributed by atoms with Gasteiger partial charge >= 0.3 is 0 Å². The van der Waals surface area contributed by atoms with Crippen molar-refractivity contribution >= 4 is 17.2 Å². The molecule has 138 valence electrons. The molecule has 0 unspecified atom stereocenters. The molecule has 1 saturated heterocycles. The van der Waals surface area contributed by atoms with Crippen LogP contribution in [0.15, 0.2) is 70.6 Å². The molecule has 28 heavy (non-hydrogen) atoms. The van der Waals surface area contributed by atoms with E-state index in [4.69, 9.17) is 4.52 Å². The van der Waals surface area contributed by atoms with Crippen molar-refractivity contribution in [1.82, 2.24) is 20.0 Å². The van der Waals surface area contributed by atoms with Gasteiger partial charge in [-0.05, 0) is 0 Å². The number of nitrogens with zero attached hydrogens (tertiary/aromatic N) is 4. The summed E-state index contributed by atoms with van der Waals surface area (Å²) in [4.78, 5) is 23.4. The molecule has 7 heteroatoms. The first-order chi connectivity index (χ1) is 13.8. The predicted octanol–water partition coefficient (Wildman–Crippen LogP) is 4.10. The summed E-state index contributed by atoms with van der Waals surface area (Å²) in [7, 11) is 0. The zero-order chi connectivity index (χ0) is 18.9. The molecule has 0 radical (unpaired) electrons. The fraction of sp³-hybridized carbons (Fsp3) is 0.143. The summed E-state index contributed by atoms with van der Waals surface area (Å²) in [5, 5.41) is 6.72. The van der Waals surface area contributed by atoms with E-state index in [1.807, 2.05) is 66.0 Å². The van der Waals surface area contributed by atoms with E-state index in [2.05, 4.69) is 15.1 Å². The van der Waals surface area contributed by atoms with E-state index < -0.39 is 0 Å². The number of hydrogen-bond donors (Lipinski definition) is 0. The van der Waals surface area contributed by atoms with Gasteiger partial charge in [-0.15, -0.1) is 11.3 Å². The lowest BCUT2D eigenvalue weighted by atomic mass is 10.00. The molecule has 1 aliphatic heterocycles. The molecular formula is C21H16N4O2S. The normalized spacial score (nSPS) is 14.1. The lowest BCUT2D eigenvalue weighted by molar-refractivity contribution is 0.0564. The molecule has 0 bridgehead atoms. The molecule has 2 aromatic heterocycles. The molecule has 0 N–H and O–H groups in total. The van der Waals surface area contributed by atoms with Gasteiger partial charge in [-0.25, -0.2) is 4.98 Å². The van der Waals surface area contributed by atoms with Crippen molar-refractivity contribution in [1.29, 1.82) is 0 Å². The third-order valence-electron chi connectivity index (χ3n) is 4.74. The third-order valence-corrected chi connectivity index (χ3v) is 5.63. The van der Waals surface area contributed by atoms with Gasteiger partial charge in [0.2, 0.25) is 11.7 Å². The molecule has 0 aliphatic carbocycles. The minimum absolute atomic E-state index is 0.0579. The van der Waals surface area contributed by atoms with Gasteiger partial charge in [0, 0.05) is 29.6 Å². The highest BCUT2D eigenvalue weighted by Crippen LogP contribution is 2.30. The number of aromatic nitrogens is 3. The van der Waals surface area contributed by atoms with E-state index in [-0.39, 0.29) is 11.8 Å². The average molecular weight is 388 g/mol. The van der Waals surface area contributed by atoms with Gasteiger partial charge in [-0.2, -0.15) is 4.98 Å². The van der Waals surface area contributed by atoms with Crippen LogP contribution in [0.5, 0.6) is 0 Å². The first kappa shape index (κ1) is 16.8. The molecule has 6 nitrogen and oxygen atoms in total. The maximum Gasteiger partial charge on any atom is 0.273 e. The maximum absolute atomic E-state index is 12.7. The van der Waals surface area contributed by atoms with Crippen molar-refractivity contribution in [3.05, 3.63) is 77.6 Å². The lowest BCUT2D eigenvalue weighted by Crippen LogP contribution is -2.48. The van der Waals surface area contributed by atoms with Gasteiger partial charge in [0.15, 0.2) is 0 Å². The first-order valence-electron chi connectivity index (χ1n) is 8.97. The molecule has 5 rings (SSSR count). The minimum Gasteiger partial charge on any atom is -0.339 e. The summed E-state index contributed by atoms with van der Waals surface area (Å²) in [5.41, 5.74) is 2.42. The summed E-state index contributed by atoms with van der Waals surface area (Å²) in [5.74, 6) is 1.16. The standard InChI is InChI=1S/C21H16N4O2S/c26-21(17-13-28-20(22-17)15-9-5-2-6-10-15)25-11-16(12-25)19-23-18(24-27-19)14-7-3-1-4-8-14/h1-10,13,16H,11-12H2. The second kappa shape index (κ2) is 7.01. The number of hydrogen-bond acceptors (Lipinski definition) is 6. The van der Waals surface area contributed by atoms with Gasteiger partial charge in [0.05, 0.1) is 5.92 Å². The lowest BCUT2D eigenvalue weighted by Gasteiger charge is -2.36. The molecule has 4 aromatic rings. The van der Waals surface area contributed by atoms with E-state index >= 15 is 0 Å². The Morgan fingerprint density at radius 1 is 0.964 bits per heavy atom. The Labute approximate surface area is 165 Å². The molecule has 2 aromatic carbocycles. The van der Waals surface area contributed by atoms with Crippen LogP contribution in [0.3, 0.4) is 0 Å². The highest BCUT2D eigenvalue weighted by molar-refractivity contribution is 7.13. The summed E-state index contributed by atoms with van der Waals surface area (Å²) in [6.07, 6.45) is 0. The summed E-state index contributed by atoms with van der Waals surface area (Å²) < 4.78 is 5.41.